The van der Waals surface area contributed by atoms with E-state index >= 15 is 0 Å². The molecular formula is C38H49HfNSi. The monoisotopic (exact) mass is 727 g/mol. The van der Waals surface area contributed by atoms with E-state index in [2.05, 4.69) is 111 Å². The summed E-state index contributed by atoms with van der Waals surface area (Å²) in [5.74, 6) is 3.77. The second-order valence-corrected chi connectivity index (χ2v) is 43.1. The summed E-state index contributed by atoms with van der Waals surface area (Å²) in [5.41, 5.74) is 7.99. The van der Waals surface area contributed by atoms with Crippen LogP contribution in [0.2, 0.25) is 4.68 Å². The molecule has 0 saturated heterocycles. The van der Waals surface area contributed by atoms with Crippen molar-refractivity contribution < 1.29 is 19.4 Å². The van der Waals surface area contributed by atoms with Gasteiger partial charge in [0.25, 0.3) is 0 Å². The van der Waals surface area contributed by atoms with Gasteiger partial charge in [0.05, 0.1) is 0 Å². The maximum atomic E-state index is 4.73. The molecule has 4 saturated carbocycles. The number of benzene rings is 3. The summed E-state index contributed by atoms with van der Waals surface area (Å²) in [4.78, 5) is 0. The zero-order valence-corrected chi connectivity index (χ0v) is 30.9. The molecule has 3 aromatic carbocycles. The average molecular weight is 726 g/mol. The second-order valence-electron chi connectivity index (χ2n) is 14.1. The Bertz CT molecular complexity index is 1340. The summed E-state index contributed by atoms with van der Waals surface area (Å²) < 4.78 is 9.48. The predicted molar refractivity (Wildman–Crippen MR) is 177 cm³/mol. The summed E-state index contributed by atoms with van der Waals surface area (Å²) in [7, 11) is 0. The van der Waals surface area contributed by atoms with Crippen molar-refractivity contribution in [3.8, 4) is 11.1 Å². The van der Waals surface area contributed by atoms with E-state index < -0.39 is 19.4 Å². The van der Waals surface area contributed by atoms with Crippen molar-refractivity contribution in [2.24, 2.45) is 23.7 Å². The summed E-state index contributed by atoms with van der Waals surface area (Å²) >= 11 is -2.86. The van der Waals surface area contributed by atoms with Crippen LogP contribution in [0.15, 0.2) is 111 Å². The van der Waals surface area contributed by atoms with E-state index in [4.69, 9.17) is 3.30 Å². The Kier molecular flexibility index (Phi) is 8.61. The fourth-order valence-electron chi connectivity index (χ4n) is 9.58. The van der Waals surface area contributed by atoms with Crippen LogP contribution in [0, 0.1) is 23.7 Å². The number of rotatable bonds is 6. The number of hydrogen-bond donors (Lipinski definition) is 1. The van der Waals surface area contributed by atoms with Gasteiger partial charge >= 0.3 is 185 Å². The predicted octanol–water partition coefficient (Wildman–Crippen LogP) is 8.68. The molecular weight excluding hydrogens is 677 g/mol. The Labute approximate surface area is 255 Å². The molecule has 1 nitrogen and oxygen atoms in total. The molecule has 0 radical (unpaired) electrons. The molecule has 4 fully saturated rings. The molecule has 8 rings (SSSR count). The maximum absolute atomic E-state index is 4.73. The first-order chi connectivity index (χ1) is 19.8. The molecule has 0 amide bonds. The minimum absolute atomic E-state index is 0.292. The molecule has 4 bridgehead atoms. The molecule has 3 aromatic rings. The van der Waals surface area contributed by atoms with E-state index in [0.717, 1.165) is 17.8 Å². The van der Waals surface area contributed by atoms with E-state index in [-0.39, 0.29) is 6.71 Å². The van der Waals surface area contributed by atoms with Gasteiger partial charge in [0.1, 0.15) is 0 Å². The van der Waals surface area contributed by atoms with Crippen LogP contribution in [0.5, 0.6) is 0 Å². The first-order valence-electron chi connectivity index (χ1n) is 16.1. The molecule has 41 heavy (non-hydrogen) atoms. The number of allylic oxidation sites excluding steroid dienone is 4. The van der Waals surface area contributed by atoms with Crippen LogP contribution in [0.3, 0.4) is 0 Å². The third-order valence-corrected chi connectivity index (χ3v) is 40.3. The largest absolute Gasteiger partial charge is 0.0622 e. The molecule has 0 aliphatic heterocycles. The van der Waals surface area contributed by atoms with Crippen LogP contribution in [0.4, 0.5) is 0 Å². The first kappa shape index (κ1) is 29.3. The zero-order valence-electron chi connectivity index (χ0n) is 25.9. The molecule has 0 aromatic heterocycles. The van der Waals surface area contributed by atoms with Gasteiger partial charge < -0.3 is 0 Å². The van der Waals surface area contributed by atoms with Gasteiger partial charge in [-0.3, -0.25) is 0 Å². The summed E-state index contributed by atoms with van der Waals surface area (Å²) in [5, 5.41) is 1.70. The Balaban J connectivity index is 0.000000210. The van der Waals surface area contributed by atoms with Crippen LogP contribution >= 0.6 is 0 Å². The van der Waals surface area contributed by atoms with E-state index in [0.29, 0.717) is 11.5 Å². The van der Waals surface area contributed by atoms with Crippen molar-refractivity contribution in [3.63, 3.8) is 0 Å². The quantitative estimate of drug-likeness (QED) is 0.251. The molecule has 5 aliphatic carbocycles. The summed E-state index contributed by atoms with van der Waals surface area (Å²) in [6.45, 7) is 9.47. The van der Waals surface area contributed by atoms with Crippen LogP contribution in [-0.4, -0.2) is 12.2 Å². The minimum atomic E-state index is -2.86. The standard InChI is InChI=1S/C12H10.C10H16N.C9H13.C6H7Si.CH3.Hf/c1-3-7-11(8-4-1)12-9-5-2-6-10-12;11-10-4-7-1-8(5-10)3-9(2-7)6-10;1-6-5-7(2)9(4)8(6)3;7-6-4-2-1-3-5-6;;/h1-10H;7-9,11H,1-6H2;6H,1-4H3;1-5H,7H2;1H3;/q;-1;;;;+1. The normalized spacial score (nSPS) is 30.1. The molecule has 0 spiro atoms. The van der Waals surface area contributed by atoms with Gasteiger partial charge in [-0.25, -0.2) is 0 Å². The van der Waals surface area contributed by atoms with Crippen molar-refractivity contribution >= 4 is 11.9 Å². The van der Waals surface area contributed by atoms with Gasteiger partial charge in [-0.05, 0) is 11.1 Å². The van der Waals surface area contributed by atoms with Crippen LogP contribution in [0.1, 0.15) is 66.2 Å². The van der Waals surface area contributed by atoms with Gasteiger partial charge in [-0.1, -0.05) is 60.7 Å². The van der Waals surface area contributed by atoms with E-state index in [1.165, 1.54) is 30.4 Å². The Morgan fingerprint density at radius 3 is 1.51 bits per heavy atom. The van der Waals surface area contributed by atoms with Gasteiger partial charge in [-0.15, -0.1) is 0 Å². The average Bonchev–Trinajstić information content (AvgIpc) is 3.16. The third kappa shape index (κ3) is 6.15. The van der Waals surface area contributed by atoms with Gasteiger partial charge in [0.2, 0.25) is 0 Å². The Morgan fingerprint density at radius 2 is 1.10 bits per heavy atom. The van der Waals surface area contributed by atoms with E-state index in [1.807, 2.05) is 15.5 Å². The molecule has 2 unspecified atom stereocenters. The number of hydrogen-bond acceptors (Lipinski definition) is 1. The van der Waals surface area contributed by atoms with Crippen molar-refractivity contribution in [2.45, 2.75) is 76.4 Å². The molecule has 2 atom stereocenters. The molecule has 1 N–H and O–H groups in total. The Hall–Kier alpha value is -1.81. The van der Waals surface area contributed by atoms with Crippen molar-refractivity contribution in [3.05, 3.63) is 111 Å². The maximum Gasteiger partial charge on any atom is -0.0184 e. The zero-order chi connectivity index (χ0) is 28.6. The fourth-order valence-corrected chi connectivity index (χ4v) is 46.9. The smallest absolute Gasteiger partial charge is 0.0184 e. The van der Waals surface area contributed by atoms with E-state index in [1.54, 1.807) is 41.2 Å². The molecule has 3 heteroatoms. The van der Waals surface area contributed by atoms with E-state index in [9.17, 15) is 0 Å². The minimum Gasteiger partial charge on any atom is -0.0622 e. The topological polar surface area (TPSA) is 12.0 Å². The fraction of sp³-hybridized carbons (Fsp3) is 0.421. The van der Waals surface area contributed by atoms with Crippen molar-refractivity contribution in [1.82, 2.24) is 3.30 Å². The molecule has 5 aliphatic rings. The van der Waals surface area contributed by atoms with Crippen molar-refractivity contribution in [2.75, 3.05) is 0 Å². The molecule has 0 heterocycles. The van der Waals surface area contributed by atoms with Crippen LogP contribution in [0.25, 0.3) is 11.1 Å². The van der Waals surface area contributed by atoms with Crippen LogP contribution in [-0.2, 0) is 19.4 Å². The number of nitrogens with one attached hydrogen (secondary N) is 1. The SMILES string of the molecule is CC1=C(C)C(C)[C]([Hf]([CH3])([NH]C23CC4CC(CC(C4)C2)C3)[SiH2]c2ccccc2)=C1C.c1ccc(-c2ccccc2)cc1. The van der Waals surface area contributed by atoms with Gasteiger partial charge in [0, 0.05) is 0 Å². The summed E-state index contributed by atoms with van der Waals surface area (Å²) in [6.07, 6.45) is 9.10. The molecule has 214 valence electrons. The first-order valence-corrected chi connectivity index (χ1v) is 32.3. The van der Waals surface area contributed by atoms with Gasteiger partial charge in [0.15, 0.2) is 0 Å². The second kappa shape index (κ2) is 12.1. The van der Waals surface area contributed by atoms with Gasteiger partial charge in [-0.2, -0.15) is 0 Å². The van der Waals surface area contributed by atoms with Crippen LogP contribution < -0.4 is 8.49 Å². The third-order valence-electron chi connectivity index (χ3n) is 11.1. The Morgan fingerprint density at radius 1 is 0.659 bits per heavy atom. The van der Waals surface area contributed by atoms with Crippen molar-refractivity contribution in [1.29, 1.82) is 0 Å². The summed E-state index contributed by atoms with van der Waals surface area (Å²) in [6, 6.07) is 32.4.